The number of nitrogen functional groups attached to an aromatic ring is 2. The minimum atomic E-state index is -0.782. The number of carboxylic acid groups (broad SMARTS) is 1. The van der Waals surface area contributed by atoms with Crippen LogP contribution in [0.3, 0.4) is 0 Å². The predicted octanol–water partition coefficient (Wildman–Crippen LogP) is 13.6. The second-order valence-corrected chi connectivity index (χ2v) is 25.2. The quantitative estimate of drug-likeness (QED) is 0.0334. The number of carboxylic acids is 1. The Morgan fingerprint density at radius 1 is 0.478 bits per heavy atom. The Kier molecular flexibility index (Phi) is 21.5. The van der Waals surface area contributed by atoms with Crippen molar-refractivity contribution in [3.8, 4) is 0 Å². The first-order valence-corrected chi connectivity index (χ1v) is 32.2. The number of hydrogen-bond donors (Lipinski definition) is 6. The van der Waals surface area contributed by atoms with E-state index in [9.17, 15) is 44.2 Å². The molecule has 7 aromatic heterocycles. The SMILES string of the molecule is Cc1cccc(CC(=O)Cc2ccc3nc(NC(=O)c4cscn4)sc3c2)c1.Cc1cccc(CC(=O)O)c1.Nc1ccc2nc(NC(=O)c3cscn3)sc2c1.Nc1nc2ccc([N+](=O)[O-])cc2s1.O=C(Nc1nc2ccc([N+](=O)[O-])cc2s1)c1cscn1. The molecule has 31 heteroatoms. The van der Waals surface area contributed by atoms with Gasteiger partial charge in [-0.1, -0.05) is 111 Å². The van der Waals surface area contributed by atoms with Gasteiger partial charge in [-0.05, 0) is 73.0 Å². The number of non-ortho nitro benzene ring substituents is 2. The van der Waals surface area contributed by atoms with Gasteiger partial charge in [-0.2, -0.15) is 0 Å². The summed E-state index contributed by atoms with van der Waals surface area (Å²) in [6, 6.07) is 35.7. The van der Waals surface area contributed by atoms with E-state index in [1.807, 2.05) is 92.7 Å². The van der Waals surface area contributed by atoms with E-state index in [0.717, 1.165) is 53.0 Å². The highest BCUT2D eigenvalue weighted by Crippen LogP contribution is 2.32. The number of Topliss-reactive ketones (excluding diaryl/α,β-unsaturated/α-hetero) is 1. The topological polar surface area (TPSA) is 370 Å². The van der Waals surface area contributed by atoms with Crippen molar-refractivity contribution in [1.82, 2.24) is 34.9 Å². The average molecular weight is 1340 g/mol. The van der Waals surface area contributed by atoms with Gasteiger partial charge in [0.2, 0.25) is 0 Å². The molecule has 0 spiro atoms. The van der Waals surface area contributed by atoms with Gasteiger partial charge in [0.1, 0.15) is 22.9 Å². The Hall–Kier alpha value is -10.3. The van der Waals surface area contributed by atoms with Crippen LogP contribution in [0.1, 0.15) is 59.3 Å². The van der Waals surface area contributed by atoms with Crippen molar-refractivity contribution >= 4 is 187 Å². The molecule has 7 heterocycles. The summed E-state index contributed by atoms with van der Waals surface area (Å²) in [4.78, 5) is 107. The molecular weight excluding hydrogens is 1290 g/mol. The van der Waals surface area contributed by atoms with E-state index in [0.29, 0.717) is 71.9 Å². The predicted molar refractivity (Wildman–Crippen MR) is 357 cm³/mol. The molecule has 3 amide bonds. The summed E-state index contributed by atoms with van der Waals surface area (Å²) in [5.74, 6) is -1.47. The second-order valence-electron chi connectivity index (χ2n) is 18.9. The van der Waals surface area contributed by atoms with Gasteiger partial charge in [-0.25, -0.2) is 34.9 Å². The lowest BCUT2D eigenvalue weighted by molar-refractivity contribution is -0.384. The molecule has 90 heavy (non-hydrogen) atoms. The van der Waals surface area contributed by atoms with Crippen LogP contribution in [0, 0.1) is 34.1 Å². The molecule has 8 N–H and O–H groups in total. The molecule has 0 fully saturated rings. The third-order valence-corrected chi connectivity index (χ3v) is 17.4. The molecule has 13 rings (SSSR count). The minimum Gasteiger partial charge on any atom is -0.481 e. The number of thiazole rings is 7. The Morgan fingerprint density at radius 2 is 0.867 bits per heavy atom. The summed E-state index contributed by atoms with van der Waals surface area (Å²) in [5, 5.41) is 44.6. The maximum absolute atomic E-state index is 12.4. The smallest absolute Gasteiger partial charge is 0.307 e. The van der Waals surface area contributed by atoms with Gasteiger partial charge in [0.15, 0.2) is 20.5 Å². The molecule has 0 unspecified atom stereocenters. The van der Waals surface area contributed by atoms with Gasteiger partial charge < -0.3 is 16.6 Å². The third-order valence-electron chi connectivity index (χ3n) is 12.0. The molecule has 0 saturated carbocycles. The summed E-state index contributed by atoms with van der Waals surface area (Å²) < 4.78 is 3.28. The number of ketones is 1. The van der Waals surface area contributed by atoms with Gasteiger partial charge in [0.05, 0.1) is 73.7 Å². The Bertz CT molecular complexity index is 4720. The van der Waals surface area contributed by atoms with Gasteiger partial charge >= 0.3 is 5.97 Å². The van der Waals surface area contributed by atoms with Crippen LogP contribution < -0.4 is 27.4 Å². The molecule has 6 aromatic carbocycles. The number of hydrogen-bond acceptors (Lipinski definition) is 25. The normalized spacial score (nSPS) is 10.6. The Balaban J connectivity index is 0.000000138. The van der Waals surface area contributed by atoms with E-state index in [2.05, 4.69) is 50.8 Å². The maximum atomic E-state index is 12.4. The second kappa shape index (κ2) is 30.1. The van der Waals surface area contributed by atoms with Crippen LogP contribution in [0.2, 0.25) is 0 Å². The van der Waals surface area contributed by atoms with E-state index in [1.54, 1.807) is 50.9 Å². The Morgan fingerprint density at radius 3 is 1.29 bits per heavy atom. The van der Waals surface area contributed by atoms with Crippen LogP contribution in [-0.2, 0) is 28.9 Å². The number of benzene rings is 6. The minimum absolute atomic E-state index is 0.00136. The first kappa shape index (κ1) is 64.2. The van der Waals surface area contributed by atoms with E-state index < -0.39 is 15.8 Å². The highest BCUT2D eigenvalue weighted by Gasteiger charge is 2.17. The highest BCUT2D eigenvalue weighted by atomic mass is 32.1. The molecule has 0 aliphatic carbocycles. The van der Waals surface area contributed by atoms with Crippen molar-refractivity contribution in [2.75, 3.05) is 27.4 Å². The molecule has 454 valence electrons. The molecule has 0 atom stereocenters. The van der Waals surface area contributed by atoms with Crippen molar-refractivity contribution < 1.29 is 38.9 Å². The van der Waals surface area contributed by atoms with Crippen molar-refractivity contribution in [1.29, 1.82) is 0 Å². The number of aryl methyl sites for hydroxylation is 2. The number of rotatable bonds is 14. The van der Waals surface area contributed by atoms with E-state index in [-0.39, 0.29) is 41.3 Å². The van der Waals surface area contributed by atoms with Gasteiger partial charge in [0, 0.05) is 58.9 Å². The first-order valence-electron chi connectivity index (χ1n) is 26.1. The summed E-state index contributed by atoms with van der Waals surface area (Å²) in [6.45, 7) is 3.97. The number of aliphatic carboxylic acids is 1. The van der Waals surface area contributed by atoms with Crippen molar-refractivity contribution in [3.63, 3.8) is 0 Å². The van der Waals surface area contributed by atoms with Crippen molar-refractivity contribution in [2.24, 2.45) is 0 Å². The Labute approximate surface area is 537 Å². The summed E-state index contributed by atoms with van der Waals surface area (Å²) in [5.41, 5.74) is 25.8. The van der Waals surface area contributed by atoms with E-state index in [1.165, 1.54) is 104 Å². The largest absolute Gasteiger partial charge is 0.481 e. The first-order chi connectivity index (χ1) is 43.3. The van der Waals surface area contributed by atoms with Crippen LogP contribution in [0.4, 0.5) is 37.6 Å². The lowest BCUT2D eigenvalue weighted by atomic mass is 10.0. The van der Waals surface area contributed by atoms with Gasteiger partial charge in [-0.15, -0.1) is 34.0 Å². The van der Waals surface area contributed by atoms with Crippen LogP contribution in [0.5, 0.6) is 0 Å². The molecule has 0 aliphatic heterocycles. The number of carbonyl (C=O) groups is 5. The van der Waals surface area contributed by atoms with Gasteiger partial charge in [-0.3, -0.25) is 60.2 Å². The van der Waals surface area contributed by atoms with Crippen LogP contribution in [-0.4, -0.2) is 79.3 Å². The van der Waals surface area contributed by atoms with E-state index >= 15 is 0 Å². The highest BCUT2D eigenvalue weighted by molar-refractivity contribution is 7.23. The number of anilines is 5. The van der Waals surface area contributed by atoms with Crippen LogP contribution >= 0.6 is 79.4 Å². The fourth-order valence-corrected chi connectivity index (χ4v) is 13.1. The number of nitro groups is 2. The number of amides is 3. The molecule has 13 aromatic rings. The number of fused-ring (bicyclic) bond motifs is 4. The lowest BCUT2D eigenvalue weighted by Crippen LogP contribution is -2.11. The maximum Gasteiger partial charge on any atom is 0.307 e. The number of carbonyl (C=O) groups excluding carboxylic acids is 4. The van der Waals surface area contributed by atoms with Crippen molar-refractivity contribution in [3.05, 3.63) is 219 Å². The molecule has 0 radical (unpaired) electrons. The standard InChI is InChI=1S/C21H17N3O2S2.C11H6N4O3S2.C11H8N4OS2.C9H10O2.C7H5N3O2S/c1-13-3-2-4-14(7-13)8-16(25)9-15-5-6-17-19(10-15)28-21(23-17)24-20(26)18-11-27-12-22-18;16-10(8-4-19-5-12-8)14-11-13-7-2-1-6(15(17)18)3-9(7)20-11;12-6-1-2-7-9(3-6)18-11(14-7)15-10(16)8-4-17-5-13-8;1-7-3-2-4-8(5-7)6-9(10)11;8-7-9-5-2-1-4(10(11)12)3-6(5)13-7/h2-7,10-12H,8-9H2,1H3,(H,23,24,26);1-5H,(H,13,14,16);1-5H,12H2,(H,14,15,16);2-5H,6H2,1H3,(H,10,11);1-3H,(H2,8,9). The number of nitrogens with one attached hydrogen (secondary N) is 3. The summed E-state index contributed by atoms with van der Waals surface area (Å²) in [6.07, 6.45) is 0.918. The monoisotopic (exact) mass is 1330 g/mol. The number of nitrogens with zero attached hydrogens (tertiary/aromatic N) is 9. The number of nitrogens with two attached hydrogens (primary N) is 2. The summed E-state index contributed by atoms with van der Waals surface area (Å²) >= 11 is 9.29. The lowest BCUT2D eigenvalue weighted by Gasteiger charge is -2.03. The third kappa shape index (κ3) is 18.2. The number of nitro benzene ring substituents is 2. The summed E-state index contributed by atoms with van der Waals surface area (Å²) in [7, 11) is 0. The van der Waals surface area contributed by atoms with Crippen molar-refractivity contribution in [2.45, 2.75) is 33.1 Å². The zero-order chi connectivity index (χ0) is 63.8. The molecular formula is C59H46N14O10S7. The zero-order valence-corrected chi connectivity index (χ0v) is 52.5. The molecule has 0 bridgehead atoms. The average Bonchev–Trinajstić information content (AvgIpc) is 4.50. The van der Waals surface area contributed by atoms with Gasteiger partial charge in [0.25, 0.3) is 29.1 Å². The van der Waals surface area contributed by atoms with E-state index in [4.69, 9.17) is 16.6 Å². The fraction of sp³-hybridized carbons (Fsp3) is 0.0847. The fourth-order valence-electron chi connectivity index (χ4n) is 8.05. The zero-order valence-electron chi connectivity index (χ0n) is 46.8. The van der Waals surface area contributed by atoms with Crippen LogP contribution in [0.25, 0.3) is 40.9 Å². The molecule has 0 aliphatic rings. The number of aromatic nitrogens is 7. The van der Waals surface area contributed by atoms with Crippen LogP contribution in [0.15, 0.2) is 154 Å². The molecule has 24 nitrogen and oxygen atoms in total. The molecule has 0 saturated heterocycles.